The van der Waals surface area contributed by atoms with Crippen molar-refractivity contribution < 1.29 is 19.5 Å². The number of amides is 1. The summed E-state index contributed by atoms with van der Waals surface area (Å²) in [5.41, 5.74) is 0.544. The summed E-state index contributed by atoms with van der Waals surface area (Å²) in [5.74, 6) is -1.39. The molecule has 2 fully saturated rings. The smallest absolute Gasteiger partial charge is 0.327 e. The Kier molecular flexibility index (Phi) is 3.12. The van der Waals surface area contributed by atoms with Crippen LogP contribution in [0.2, 0.25) is 0 Å². The highest BCUT2D eigenvalue weighted by atomic mass is 16.4. The van der Waals surface area contributed by atoms with Crippen LogP contribution >= 0.6 is 0 Å². The molecular formula is C16H16N2O4. The number of carbonyl (C=O) groups is 3. The number of rotatable bonds is 3. The normalized spacial score (nSPS) is 27.9. The molecule has 2 aliphatic heterocycles. The molecule has 0 aliphatic carbocycles. The first-order valence-electron chi connectivity index (χ1n) is 7.04. The maximum atomic E-state index is 12.4. The predicted molar refractivity (Wildman–Crippen MR) is 77.7 cm³/mol. The minimum Gasteiger partial charge on any atom is -0.480 e. The molecule has 1 unspecified atom stereocenters. The van der Waals surface area contributed by atoms with Crippen LogP contribution in [0.1, 0.15) is 26.0 Å². The minimum atomic E-state index is -1.01. The number of allylic oxidation sites excluding steroid dienone is 1. The number of carbonyl (C=O) groups excluding carboxylic acids is 2. The number of pyridine rings is 1. The molecule has 2 saturated heterocycles. The molecular weight excluding hydrogens is 284 g/mol. The van der Waals surface area contributed by atoms with E-state index in [4.69, 9.17) is 0 Å². The van der Waals surface area contributed by atoms with E-state index in [9.17, 15) is 19.5 Å². The van der Waals surface area contributed by atoms with Crippen molar-refractivity contribution in [3.8, 4) is 0 Å². The third-order valence-corrected chi connectivity index (χ3v) is 4.45. The van der Waals surface area contributed by atoms with E-state index in [1.165, 1.54) is 4.90 Å². The van der Waals surface area contributed by atoms with Gasteiger partial charge >= 0.3 is 5.97 Å². The standard InChI is InChI=1S/C16H16N2O4/c1-16(2)7-11-12(14(20)18(11)13(16)15(21)22)9(8-19)10-5-3-4-6-17-10/h3-6,8,11,13H,7H2,1-2H3,(H,21,22)/b12-9+/t11?,13-/m0/s1. The van der Waals surface area contributed by atoms with E-state index >= 15 is 0 Å². The van der Waals surface area contributed by atoms with Crippen LogP contribution in [-0.2, 0) is 14.4 Å². The lowest BCUT2D eigenvalue weighted by Gasteiger charge is -2.41. The number of aliphatic carboxylic acids is 1. The molecule has 2 atom stereocenters. The Bertz CT molecular complexity index is 693. The third-order valence-electron chi connectivity index (χ3n) is 4.45. The number of carboxylic acid groups (broad SMARTS) is 1. The topological polar surface area (TPSA) is 87.6 Å². The van der Waals surface area contributed by atoms with Gasteiger partial charge in [0.15, 0.2) is 6.29 Å². The van der Waals surface area contributed by atoms with E-state index in [1.54, 1.807) is 24.4 Å². The van der Waals surface area contributed by atoms with Crippen molar-refractivity contribution >= 4 is 23.7 Å². The Morgan fingerprint density at radius 3 is 2.73 bits per heavy atom. The summed E-state index contributed by atoms with van der Waals surface area (Å²) >= 11 is 0. The zero-order valence-corrected chi connectivity index (χ0v) is 12.3. The molecule has 3 rings (SSSR count). The van der Waals surface area contributed by atoms with Crippen LogP contribution in [0, 0.1) is 5.41 Å². The lowest BCUT2D eigenvalue weighted by atomic mass is 9.82. The maximum Gasteiger partial charge on any atom is 0.327 e. The van der Waals surface area contributed by atoms with Crippen molar-refractivity contribution in [3.63, 3.8) is 0 Å². The van der Waals surface area contributed by atoms with Gasteiger partial charge in [-0.05, 0) is 24.0 Å². The van der Waals surface area contributed by atoms with E-state index in [0.717, 1.165) is 0 Å². The average Bonchev–Trinajstić information content (AvgIpc) is 2.73. The Morgan fingerprint density at radius 1 is 1.45 bits per heavy atom. The molecule has 3 heterocycles. The summed E-state index contributed by atoms with van der Waals surface area (Å²) in [6.45, 7) is 3.66. The van der Waals surface area contributed by atoms with Crippen molar-refractivity contribution in [3.05, 3.63) is 35.7 Å². The van der Waals surface area contributed by atoms with Gasteiger partial charge in [-0.15, -0.1) is 0 Å². The van der Waals surface area contributed by atoms with Gasteiger partial charge in [-0.3, -0.25) is 14.6 Å². The monoisotopic (exact) mass is 300 g/mol. The number of nitrogens with zero attached hydrogens (tertiary/aromatic N) is 2. The number of carboxylic acids is 1. The van der Waals surface area contributed by atoms with Gasteiger partial charge in [-0.1, -0.05) is 19.9 Å². The summed E-state index contributed by atoms with van der Waals surface area (Å²) in [4.78, 5) is 40.9. The molecule has 2 aliphatic rings. The molecule has 0 spiro atoms. The molecule has 1 aromatic heterocycles. The molecule has 114 valence electrons. The van der Waals surface area contributed by atoms with Gasteiger partial charge in [-0.2, -0.15) is 0 Å². The number of aldehydes is 1. The Hall–Kier alpha value is -2.50. The first-order valence-corrected chi connectivity index (χ1v) is 7.04. The Labute approximate surface area is 127 Å². The van der Waals surface area contributed by atoms with Crippen LogP contribution < -0.4 is 0 Å². The molecule has 1 aromatic rings. The molecule has 0 bridgehead atoms. The van der Waals surface area contributed by atoms with Crippen LogP contribution in [0.3, 0.4) is 0 Å². The largest absolute Gasteiger partial charge is 0.480 e. The van der Waals surface area contributed by atoms with Crippen LogP contribution in [0.15, 0.2) is 30.0 Å². The fourth-order valence-electron chi connectivity index (χ4n) is 3.51. The van der Waals surface area contributed by atoms with E-state index in [0.29, 0.717) is 24.0 Å². The van der Waals surface area contributed by atoms with Gasteiger partial charge in [0.25, 0.3) is 5.91 Å². The number of β-lactam (4-membered cyclic amide) rings is 1. The maximum absolute atomic E-state index is 12.4. The van der Waals surface area contributed by atoms with E-state index < -0.39 is 17.4 Å². The SMILES string of the molecule is CC1(C)CC2/C(=C(/C=O)c3ccccn3)C(=O)N2[C@H]1C(=O)O. The summed E-state index contributed by atoms with van der Waals surface area (Å²) in [6, 6.07) is 3.95. The molecule has 0 aromatic carbocycles. The lowest BCUT2D eigenvalue weighted by Crippen LogP contribution is -2.58. The summed E-state index contributed by atoms with van der Waals surface area (Å²) < 4.78 is 0. The second-order valence-corrected chi connectivity index (χ2v) is 6.32. The van der Waals surface area contributed by atoms with Gasteiger partial charge in [0.1, 0.15) is 6.04 Å². The average molecular weight is 300 g/mol. The van der Waals surface area contributed by atoms with Gasteiger partial charge in [0, 0.05) is 6.20 Å². The van der Waals surface area contributed by atoms with Crippen LogP contribution in [0.4, 0.5) is 0 Å². The van der Waals surface area contributed by atoms with Crippen molar-refractivity contribution in [2.24, 2.45) is 5.41 Å². The molecule has 6 nitrogen and oxygen atoms in total. The van der Waals surface area contributed by atoms with Crippen molar-refractivity contribution in [1.29, 1.82) is 0 Å². The first kappa shape index (κ1) is 14.4. The van der Waals surface area contributed by atoms with Gasteiger partial charge in [-0.25, -0.2) is 4.79 Å². The molecule has 0 saturated carbocycles. The number of fused-ring (bicyclic) bond motifs is 1. The minimum absolute atomic E-state index is 0.258. The second-order valence-electron chi connectivity index (χ2n) is 6.32. The van der Waals surface area contributed by atoms with Crippen LogP contribution in [0.25, 0.3) is 5.57 Å². The van der Waals surface area contributed by atoms with E-state index in [1.807, 2.05) is 13.8 Å². The predicted octanol–water partition coefficient (Wildman–Crippen LogP) is 1.13. The molecule has 1 N–H and O–H groups in total. The third kappa shape index (κ3) is 1.87. The Morgan fingerprint density at radius 2 is 2.18 bits per heavy atom. The fourth-order valence-corrected chi connectivity index (χ4v) is 3.51. The molecule has 6 heteroatoms. The van der Waals surface area contributed by atoms with Crippen molar-refractivity contribution in [2.45, 2.75) is 32.4 Å². The van der Waals surface area contributed by atoms with Gasteiger partial charge < -0.3 is 10.0 Å². The van der Waals surface area contributed by atoms with Crippen LogP contribution in [-0.4, -0.2) is 45.2 Å². The quantitative estimate of drug-likeness (QED) is 0.513. The first-order chi connectivity index (χ1) is 10.4. The zero-order chi connectivity index (χ0) is 16.1. The molecule has 0 radical (unpaired) electrons. The summed E-state index contributed by atoms with van der Waals surface area (Å²) in [7, 11) is 0. The van der Waals surface area contributed by atoms with E-state index in [-0.39, 0.29) is 17.5 Å². The van der Waals surface area contributed by atoms with Crippen molar-refractivity contribution in [1.82, 2.24) is 9.88 Å². The number of hydrogen-bond donors (Lipinski definition) is 1. The fraction of sp³-hybridized carbons (Fsp3) is 0.375. The van der Waals surface area contributed by atoms with Gasteiger partial charge in [0.05, 0.1) is 22.9 Å². The molecule has 22 heavy (non-hydrogen) atoms. The summed E-state index contributed by atoms with van der Waals surface area (Å²) in [6.07, 6.45) is 2.71. The Balaban J connectivity index is 2.06. The van der Waals surface area contributed by atoms with Gasteiger partial charge in [0.2, 0.25) is 0 Å². The van der Waals surface area contributed by atoms with Crippen molar-refractivity contribution in [2.75, 3.05) is 0 Å². The number of aromatic nitrogens is 1. The summed E-state index contributed by atoms with van der Waals surface area (Å²) in [5, 5.41) is 9.40. The highest BCUT2D eigenvalue weighted by molar-refractivity contribution is 6.21. The highest BCUT2D eigenvalue weighted by Crippen LogP contribution is 2.50. The lowest BCUT2D eigenvalue weighted by molar-refractivity contribution is -0.154. The molecule has 1 amide bonds. The second kappa shape index (κ2) is 4.76. The van der Waals surface area contributed by atoms with Crippen LogP contribution in [0.5, 0.6) is 0 Å². The zero-order valence-electron chi connectivity index (χ0n) is 12.3. The highest BCUT2D eigenvalue weighted by Gasteiger charge is 2.61. The number of hydrogen-bond acceptors (Lipinski definition) is 4. The van der Waals surface area contributed by atoms with E-state index in [2.05, 4.69) is 4.98 Å².